The van der Waals surface area contributed by atoms with Crippen molar-refractivity contribution < 1.29 is 69.8 Å². The maximum Gasteiger partial charge on any atom is 0.338 e. The topological polar surface area (TPSA) is 244 Å². The van der Waals surface area contributed by atoms with Crippen molar-refractivity contribution >= 4 is 11.9 Å². The van der Waals surface area contributed by atoms with E-state index in [-0.39, 0.29) is 5.56 Å². The summed E-state index contributed by atoms with van der Waals surface area (Å²) in [5, 5.41) is 87.1. The van der Waals surface area contributed by atoms with Crippen LogP contribution in [-0.4, -0.2) is 95.2 Å². The van der Waals surface area contributed by atoms with Crippen molar-refractivity contribution in [2.75, 3.05) is 6.61 Å². The minimum absolute atomic E-state index is 0.369. The second kappa shape index (κ2) is 9.48. The van der Waals surface area contributed by atoms with E-state index in [0.29, 0.717) is 0 Å². The number of rotatable bonds is 5. The van der Waals surface area contributed by atoms with Gasteiger partial charge in [0.15, 0.2) is 46.9 Å². The van der Waals surface area contributed by atoms with E-state index < -0.39 is 89.3 Å². The van der Waals surface area contributed by atoms with Crippen molar-refractivity contribution in [3.05, 3.63) is 35.4 Å². The molecule has 2 aromatic rings. The van der Waals surface area contributed by atoms with Crippen LogP contribution in [0.3, 0.4) is 0 Å². The van der Waals surface area contributed by atoms with Crippen molar-refractivity contribution in [3.8, 4) is 34.5 Å². The second-order valence-corrected chi connectivity index (χ2v) is 7.24. The van der Waals surface area contributed by atoms with Crippen LogP contribution in [0.4, 0.5) is 0 Å². The third-order valence-corrected chi connectivity index (χ3v) is 4.90. The zero-order chi connectivity index (χ0) is 25.3. The molecule has 0 aromatic heterocycles. The van der Waals surface area contributed by atoms with Gasteiger partial charge in [-0.25, -0.2) is 9.59 Å². The van der Waals surface area contributed by atoms with Gasteiger partial charge in [-0.05, 0) is 24.3 Å². The lowest BCUT2D eigenvalue weighted by Crippen LogP contribution is -2.60. The number of hydrogen-bond donors (Lipinski definition) is 9. The number of hydrogen-bond acceptors (Lipinski definition) is 14. The fraction of sp³-hybridized carbons (Fsp3) is 0.300. The highest BCUT2D eigenvalue weighted by Gasteiger charge is 2.46. The van der Waals surface area contributed by atoms with Gasteiger partial charge in [-0.2, -0.15) is 0 Å². The van der Waals surface area contributed by atoms with Crippen molar-refractivity contribution in [2.45, 2.75) is 30.7 Å². The molecule has 1 aliphatic rings. The largest absolute Gasteiger partial charge is 0.504 e. The average molecular weight is 484 g/mol. The highest BCUT2D eigenvalue weighted by atomic mass is 16.7. The molecular weight excluding hydrogens is 464 g/mol. The van der Waals surface area contributed by atoms with E-state index in [2.05, 4.69) is 0 Å². The van der Waals surface area contributed by atoms with Crippen LogP contribution in [0.2, 0.25) is 0 Å². The Bertz CT molecular complexity index is 1050. The number of esters is 2. The Morgan fingerprint density at radius 2 is 1.18 bits per heavy atom. The standard InChI is InChI=1S/C20H20O14/c21-8-1-6(2-9(22)13(8)25)18(29)32-5-12-15(27)16(28)17(20(31)33-12)34-19(30)7-3-10(23)14(26)11(24)4-7/h1-4,12,15-17,20-28,31H,5H2/t12-,15-,16+,17-,20+/m1/s1. The number of ether oxygens (including phenoxy) is 3. The molecule has 14 heteroatoms. The van der Waals surface area contributed by atoms with Crippen LogP contribution in [0.25, 0.3) is 0 Å². The van der Waals surface area contributed by atoms with Gasteiger partial charge in [0, 0.05) is 0 Å². The van der Waals surface area contributed by atoms with Gasteiger partial charge in [0.1, 0.15) is 24.9 Å². The van der Waals surface area contributed by atoms with Gasteiger partial charge in [-0.15, -0.1) is 0 Å². The van der Waals surface area contributed by atoms with Gasteiger partial charge in [-0.3, -0.25) is 0 Å². The van der Waals surface area contributed by atoms with Gasteiger partial charge >= 0.3 is 11.9 Å². The summed E-state index contributed by atoms with van der Waals surface area (Å²) in [6, 6.07) is 3.09. The first-order valence-electron chi connectivity index (χ1n) is 9.48. The Morgan fingerprint density at radius 1 is 0.735 bits per heavy atom. The summed E-state index contributed by atoms with van der Waals surface area (Å²) in [6.45, 7) is -0.725. The molecule has 0 saturated carbocycles. The Labute approximate surface area is 189 Å². The Kier molecular flexibility index (Phi) is 6.88. The first kappa shape index (κ1) is 24.7. The predicted octanol–water partition coefficient (Wildman–Crippen LogP) is -1.26. The average Bonchev–Trinajstić information content (AvgIpc) is 2.78. The van der Waals surface area contributed by atoms with Gasteiger partial charge in [0.05, 0.1) is 11.1 Å². The Balaban J connectivity index is 1.64. The van der Waals surface area contributed by atoms with Crippen LogP contribution in [0.1, 0.15) is 20.7 Å². The lowest BCUT2D eigenvalue weighted by molar-refractivity contribution is -0.285. The number of phenolic OH excluding ortho intramolecular Hbond substituents is 6. The first-order chi connectivity index (χ1) is 15.9. The van der Waals surface area contributed by atoms with Crippen LogP contribution in [-0.2, 0) is 14.2 Å². The van der Waals surface area contributed by atoms with E-state index >= 15 is 0 Å². The smallest absolute Gasteiger partial charge is 0.338 e. The van der Waals surface area contributed by atoms with Gasteiger partial charge < -0.3 is 60.2 Å². The van der Waals surface area contributed by atoms with E-state index in [4.69, 9.17) is 14.2 Å². The number of carbonyl (C=O) groups is 2. The van der Waals surface area contributed by atoms with Gasteiger partial charge in [0.2, 0.25) is 0 Å². The summed E-state index contributed by atoms with van der Waals surface area (Å²) in [4.78, 5) is 24.3. The summed E-state index contributed by atoms with van der Waals surface area (Å²) in [7, 11) is 0. The maximum atomic E-state index is 12.2. The molecule has 5 atom stereocenters. The number of phenols is 6. The van der Waals surface area contributed by atoms with Crippen LogP contribution in [0.5, 0.6) is 34.5 Å². The zero-order valence-electron chi connectivity index (χ0n) is 17.0. The fourth-order valence-corrected chi connectivity index (χ4v) is 3.06. The lowest BCUT2D eigenvalue weighted by atomic mass is 9.99. The molecule has 9 N–H and O–H groups in total. The van der Waals surface area contributed by atoms with Crippen LogP contribution in [0, 0.1) is 0 Å². The highest BCUT2D eigenvalue weighted by Crippen LogP contribution is 2.37. The van der Waals surface area contributed by atoms with Crippen molar-refractivity contribution in [1.82, 2.24) is 0 Å². The van der Waals surface area contributed by atoms with E-state index in [1.54, 1.807) is 0 Å². The normalized spacial score (nSPS) is 24.4. The number of carbonyl (C=O) groups excluding carboxylic acids is 2. The summed E-state index contributed by atoms with van der Waals surface area (Å²) in [6.07, 6.45) is -9.11. The lowest BCUT2D eigenvalue weighted by Gasteiger charge is -2.39. The quantitative estimate of drug-likeness (QED) is 0.178. The van der Waals surface area contributed by atoms with Crippen molar-refractivity contribution in [2.24, 2.45) is 0 Å². The molecule has 0 spiro atoms. The SMILES string of the molecule is O=C(OC[C@H]1O[C@H](O)[C@H](OC(=O)c2cc(O)c(O)c(O)c2)[C@@H](O)[C@@H]1O)c1cc(O)c(O)c(O)c1. The fourth-order valence-electron chi connectivity index (χ4n) is 3.06. The van der Waals surface area contributed by atoms with E-state index in [0.717, 1.165) is 24.3 Å². The number of aliphatic hydroxyl groups is 3. The third kappa shape index (κ3) is 4.84. The van der Waals surface area contributed by atoms with Crippen molar-refractivity contribution in [1.29, 1.82) is 0 Å². The summed E-state index contributed by atoms with van der Waals surface area (Å²) < 4.78 is 14.8. The minimum Gasteiger partial charge on any atom is -0.504 e. The van der Waals surface area contributed by atoms with Crippen LogP contribution in [0.15, 0.2) is 24.3 Å². The number of aliphatic hydroxyl groups excluding tert-OH is 3. The minimum atomic E-state index is -2.01. The Hall–Kier alpha value is -3.98. The molecule has 184 valence electrons. The highest BCUT2D eigenvalue weighted by molar-refractivity contribution is 5.91. The van der Waals surface area contributed by atoms with Gasteiger partial charge in [-0.1, -0.05) is 0 Å². The molecule has 1 fully saturated rings. The third-order valence-electron chi connectivity index (χ3n) is 4.90. The molecule has 0 aliphatic carbocycles. The van der Waals surface area contributed by atoms with E-state index in [9.17, 15) is 55.5 Å². The molecule has 0 amide bonds. The molecule has 1 saturated heterocycles. The van der Waals surface area contributed by atoms with Crippen LogP contribution < -0.4 is 0 Å². The first-order valence-corrected chi connectivity index (χ1v) is 9.48. The van der Waals surface area contributed by atoms with E-state index in [1.807, 2.05) is 0 Å². The molecule has 2 aromatic carbocycles. The van der Waals surface area contributed by atoms with E-state index in [1.165, 1.54) is 0 Å². The molecule has 14 nitrogen and oxygen atoms in total. The second-order valence-electron chi connectivity index (χ2n) is 7.24. The molecule has 0 unspecified atom stereocenters. The van der Waals surface area contributed by atoms with Crippen molar-refractivity contribution in [3.63, 3.8) is 0 Å². The summed E-state index contributed by atoms with van der Waals surface area (Å²) >= 11 is 0. The molecule has 1 heterocycles. The predicted molar refractivity (Wildman–Crippen MR) is 105 cm³/mol. The summed E-state index contributed by atoms with van der Waals surface area (Å²) in [5.74, 6) is -7.41. The molecule has 1 aliphatic heterocycles. The molecular formula is C20H20O14. The molecule has 0 bridgehead atoms. The maximum absolute atomic E-state index is 12.2. The Morgan fingerprint density at radius 3 is 1.65 bits per heavy atom. The zero-order valence-corrected chi connectivity index (χ0v) is 17.0. The number of aromatic hydroxyl groups is 6. The monoisotopic (exact) mass is 484 g/mol. The van der Waals surface area contributed by atoms with Crippen LogP contribution >= 0.6 is 0 Å². The van der Waals surface area contributed by atoms with Gasteiger partial charge in [0.25, 0.3) is 0 Å². The number of benzene rings is 2. The molecule has 34 heavy (non-hydrogen) atoms. The molecule has 0 radical (unpaired) electrons. The summed E-state index contributed by atoms with van der Waals surface area (Å²) in [5.41, 5.74) is -0.829. The molecule has 3 rings (SSSR count).